The molecule has 0 atom stereocenters. The zero-order chi connectivity index (χ0) is 12.3. The van der Waals surface area contributed by atoms with Crippen LogP contribution in [0.4, 0.5) is 0 Å². The molecule has 0 aliphatic carbocycles. The molecule has 0 saturated heterocycles. The summed E-state index contributed by atoms with van der Waals surface area (Å²) in [6, 6.07) is 7.59. The molecule has 0 aliphatic rings. The Bertz CT molecular complexity index is 536. The van der Waals surface area contributed by atoms with E-state index in [1.807, 2.05) is 31.2 Å². The summed E-state index contributed by atoms with van der Waals surface area (Å²) in [5.74, 6) is -0.597. The second-order valence-corrected chi connectivity index (χ2v) is 3.46. The van der Waals surface area contributed by atoms with Crippen molar-refractivity contribution in [2.24, 2.45) is 0 Å². The van der Waals surface area contributed by atoms with Crippen molar-refractivity contribution >= 4 is 5.97 Å². The lowest BCUT2D eigenvalue weighted by molar-refractivity contribution is 0.0512. The van der Waals surface area contributed by atoms with Gasteiger partial charge in [-0.2, -0.15) is 0 Å². The molecule has 0 amide bonds. The summed E-state index contributed by atoms with van der Waals surface area (Å²) in [6.07, 6.45) is 0. The molecule has 0 radical (unpaired) electrons. The molecule has 88 valence electrons. The average Bonchev–Trinajstić information content (AvgIpc) is 2.78. The Kier molecular flexibility index (Phi) is 3.13. The number of nitrogens with zero attached hydrogens (tertiary/aromatic N) is 4. The summed E-state index contributed by atoms with van der Waals surface area (Å²) in [6.45, 7) is 3.98. The largest absolute Gasteiger partial charge is 0.460 e. The predicted octanol–water partition coefficient (Wildman–Crippen LogP) is 1.15. The smallest absolute Gasteiger partial charge is 0.380 e. The molecule has 6 nitrogen and oxygen atoms in total. The number of benzene rings is 1. The Balaban J connectivity index is 2.27. The zero-order valence-electron chi connectivity index (χ0n) is 9.62. The van der Waals surface area contributed by atoms with Crippen LogP contribution in [0.3, 0.4) is 0 Å². The molecule has 0 bridgehead atoms. The van der Waals surface area contributed by atoms with Gasteiger partial charge in [-0.1, -0.05) is 12.1 Å². The second-order valence-electron chi connectivity index (χ2n) is 3.46. The van der Waals surface area contributed by atoms with E-state index in [-0.39, 0.29) is 12.4 Å². The van der Waals surface area contributed by atoms with Crippen molar-refractivity contribution in [1.29, 1.82) is 0 Å². The van der Waals surface area contributed by atoms with Gasteiger partial charge in [0.1, 0.15) is 0 Å². The average molecular weight is 232 g/mol. The first-order valence-electron chi connectivity index (χ1n) is 5.25. The van der Waals surface area contributed by atoms with Gasteiger partial charge >= 0.3 is 5.97 Å². The van der Waals surface area contributed by atoms with E-state index in [1.54, 1.807) is 6.92 Å². The molecule has 0 spiro atoms. The minimum absolute atomic E-state index is 0.0339. The summed E-state index contributed by atoms with van der Waals surface area (Å²) in [5.41, 5.74) is 1.84. The lowest BCUT2D eigenvalue weighted by Gasteiger charge is -1.98. The number of esters is 1. The molecule has 0 fully saturated rings. The SMILES string of the molecule is CCOC(=O)c1nnn(-c2cccc(C)c2)n1. The third kappa shape index (κ3) is 2.47. The molecule has 17 heavy (non-hydrogen) atoms. The fourth-order valence-electron chi connectivity index (χ4n) is 1.35. The van der Waals surface area contributed by atoms with Crippen LogP contribution >= 0.6 is 0 Å². The Morgan fingerprint density at radius 3 is 3.00 bits per heavy atom. The van der Waals surface area contributed by atoms with Gasteiger partial charge in [-0.05, 0) is 36.8 Å². The minimum atomic E-state index is -0.564. The number of carbonyl (C=O) groups is 1. The lowest BCUT2D eigenvalue weighted by Crippen LogP contribution is -2.07. The van der Waals surface area contributed by atoms with Gasteiger partial charge in [0, 0.05) is 0 Å². The number of ether oxygens (including phenoxy) is 1. The van der Waals surface area contributed by atoms with E-state index in [0.29, 0.717) is 0 Å². The predicted molar refractivity (Wildman–Crippen MR) is 59.8 cm³/mol. The van der Waals surface area contributed by atoms with Gasteiger partial charge in [0.2, 0.25) is 0 Å². The van der Waals surface area contributed by atoms with Crippen LogP contribution < -0.4 is 0 Å². The number of aromatic nitrogens is 4. The molecule has 0 aliphatic heterocycles. The first kappa shape index (κ1) is 11.3. The fourth-order valence-corrected chi connectivity index (χ4v) is 1.35. The number of carbonyl (C=O) groups excluding carboxylic acids is 1. The number of hydrogen-bond acceptors (Lipinski definition) is 5. The monoisotopic (exact) mass is 232 g/mol. The Morgan fingerprint density at radius 2 is 2.29 bits per heavy atom. The highest BCUT2D eigenvalue weighted by Gasteiger charge is 2.14. The molecule has 0 unspecified atom stereocenters. The number of tetrazole rings is 1. The Morgan fingerprint density at radius 1 is 1.47 bits per heavy atom. The molecule has 2 aromatic rings. The van der Waals surface area contributed by atoms with Crippen molar-refractivity contribution < 1.29 is 9.53 Å². The van der Waals surface area contributed by atoms with Gasteiger partial charge in [0.25, 0.3) is 5.82 Å². The van der Waals surface area contributed by atoms with E-state index >= 15 is 0 Å². The van der Waals surface area contributed by atoms with Gasteiger partial charge in [-0.25, -0.2) is 4.79 Å². The molecular weight excluding hydrogens is 220 g/mol. The van der Waals surface area contributed by atoms with Crippen molar-refractivity contribution in [3.05, 3.63) is 35.7 Å². The van der Waals surface area contributed by atoms with Crippen LogP contribution in [0.25, 0.3) is 5.69 Å². The van der Waals surface area contributed by atoms with Crippen molar-refractivity contribution in [3.63, 3.8) is 0 Å². The number of aryl methyl sites for hydroxylation is 1. The number of hydrogen-bond donors (Lipinski definition) is 0. The van der Waals surface area contributed by atoms with Gasteiger partial charge in [0.15, 0.2) is 0 Å². The van der Waals surface area contributed by atoms with Crippen LogP contribution in [0, 0.1) is 6.92 Å². The van der Waals surface area contributed by atoms with E-state index < -0.39 is 5.97 Å². The van der Waals surface area contributed by atoms with Crippen molar-refractivity contribution in [3.8, 4) is 5.69 Å². The van der Waals surface area contributed by atoms with Gasteiger partial charge in [-0.15, -0.1) is 15.0 Å². The summed E-state index contributed by atoms with van der Waals surface area (Å²) in [7, 11) is 0. The van der Waals surface area contributed by atoms with Gasteiger partial charge in [-0.3, -0.25) is 0 Å². The van der Waals surface area contributed by atoms with Crippen LogP contribution in [0.5, 0.6) is 0 Å². The second kappa shape index (κ2) is 4.73. The van der Waals surface area contributed by atoms with Crippen LogP contribution in [-0.4, -0.2) is 32.8 Å². The molecule has 1 aromatic heterocycles. The topological polar surface area (TPSA) is 69.9 Å². The molecule has 0 N–H and O–H groups in total. The summed E-state index contributed by atoms with van der Waals surface area (Å²) in [4.78, 5) is 12.7. The standard InChI is InChI=1S/C11H12N4O2/c1-3-17-11(16)10-12-14-15(13-10)9-6-4-5-8(2)7-9/h4-7H,3H2,1-2H3. The highest BCUT2D eigenvalue weighted by atomic mass is 16.5. The molecule has 6 heteroatoms. The molecular formula is C11H12N4O2. The van der Waals surface area contributed by atoms with Crippen LogP contribution in [0.1, 0.15) is 23.1 Å². The summed E-state index contributed by atoms with van der Waals surface area (Å²) in [5, 5.41) is 11.4. The lowest BCUT2D eigenvalue weighted by atomic mass is 10.2. The van der Waals surface area contributed by atoms with E-state index in [4.69, 9.17) is 4.74 Å². The van der Waals surface area contributed by atoms with E-state index in [2.05, 4.69) is 15.4 Å². The fraction of sp³-hybridized carbons (Fsp3) is 0.273. The minimum Gasteiger partial charge on any atom is -0.460 e. The van der Waals surface area contributed by atoms with Crippen molar-refractivity contribution in [2.75, 3.05) is 6.61 Å². The maximum Gasteiger partial charge on any atom is 0.380 e. The third-order valence-corrected chi connectivity index (χ3v) is 2.10. The van der Waals surface area contributed by atoms with Gasteiger partial charge in [0.05, 0.1) is 12.3 Å². The molecule has 1 heterocycles. The van der Waals surface area contributed by atoms with E-state index in [0.717, 1.165) is 11.3 Å². The van der Waals surface area contributed by atoms with Crippen LogP contribution in [-0.2, 0) is 4.74 Å². The van der Waals surface area contributed by atoms with E-state index in [1.165, 1.54) is 4.80 Å². The van der Waals surface area contributed by atoms with Crippen LogP contribution in [0.15, 0.2) is 24.3 Å². The first-order valence-corrected chi connectivity index (χ1v) is 5.25. The summed E-state index contributed by atoms with van der Waals surface area (Å²) < 4.78 is 4.78. The summed E-state index contributed by atoms with van der Waals surface area (Å²) >= 11 is 0. The normalized spacial score (nSPS) is 10.2. The quantitative estimate of drug-likeness (QED) is 0.742. The highest BCUT2D eigenvalue weighted by molar-refractivity contribution is 5.84. The molecule has 1 aromatic carbocycles. The Hall–Kier alpha value is -2.24. The third-order valence-electron chi connectivity index (χ3n) is 2.10. The van der Waals surface area contributed by atoms with Crippen LogP contribution in [0.2, 0.25) is 0 Å². The van der Waals surface area contributed by atoms with E-state index in [9.17, 15) is 4.79 Å². The number of rotatable bonds is 3. The van der Waals surface area contributed by atoms with Crippen molar-refractivity contribution in [2.45, 2.75) is 13.8 Å². The first-order chi connectivity index (χ1) is 8.20. The van der Waals surface area contributed by atoms with Gasteiger partial charge < -0.3 is 4.74 Å². The van der Waals surface area contributed by atoms with Crippen molar-refractivity contribution in [1.82, 2.24) is 20.2 Å². The molecule has 0 saturated carbocycles. The maximum absolute atomic E-state index is 11.4. The zero-order valence-corrected chi connectivity index (χ0v) is 9.62. The Labute approximate surface area is 98.2 Å². The molecule has 2 rings (SSSR count). The highest BCUT2D eigenvalue weighted by Crippen LogP contribution is 2.07. The maximum atomic E-state index is 11.4.